The molecule has 8 atom stereocenters. The summed E-state index contributed by atoms with van der Waals surface area (Å²) in [5, 5.41) is 31.9. The van der Waals surface area contributed by atoms with Crippen molar-refractivity contribution in [3.05, 3.63) is 23.3 Å². The predicted molar refractivity (Wildman–Crippen MR) is 125 cm³/mol. The molecule has 33 heavy (non-hydrogen) atoms. The monoisotopic (exact) mass is 456 g/mol. The molecule has 5 aliphatic carbocycles. The Morgan fingerprint density at radius 1 is 0.848 bits per heavy atom. The first kappa shape index (κ1) is 23.4. The third-order valence-corrected chi connectivity index (χ3v) is 11.8. The van der Waals surface area contributed by atoms with E-state index >= 15 is 0 Å². The van der Waals surface area contributed by atoms with Crippen molar-refractivity contribution in [3.63, 3.8) is 0 Å². The van der Waals surface area contributed by atoms with Crippen LogP contribution in [-0.4, -0.2) is 38.3 Å². The topological polar surface area (TPSA) is 94.8 Å². The molecule has 3 saturated carbocycles. The van der Waals surface area contributed by atoms with Crippen molar-refractivity contribution in [2.45, 2.75) is 97.9 Å². The van der Waals surface area contributed by atoms with Crippen molar-refractivity contribution in [3.8, 4) is 0 Å². The van der Waals surface area contributed by atoms with Gasteiger partial charge in [0, 0.05) is 12.3 Å². The van der Waals surface area contributed by atoms with E-state index in [0.717, 1.165) is 44.1 Å². The van der Waals surface area contributed by atoms with Crippen LogP contribution in [0.2, 0.25) is 0 Å². The summed E-state index contributed by atoms with van der Waals surface area (Å²) in [6.07, 6.45) is 9.72. The number of Topliss-reactive ketones (excluding diaryl/α,β-unsaturated/α-hetero) is 1. The molecule has 0 spiro atoms. The molecule has 0 aromatic carbocycles. The molecule has 0 unspecified atom stereocenters. The maximum Gasteiger partial charge on any atom is 0.262 e. The molecule has 3 N–H and O–H groups in total. The van der Waals surface area contributed by atoms with Crippen LogP contribution in [0.15, 0.2) is 23.3 Å². The molecule has 5 rings (SSSR count). The number of carbonyl (C=O) groups is 2. The zero-order chi connectivity index (χ0) is 24.4. The normalized spacial score (nSPS) is 53.2. The van der Waals surface area contributed by atoms with Gasteiger partial charge in [0.15, 0.2) is 0 Å². The van der Waals surface area contributed by atoms with Crippen molar-refractivity contribution in [1.29, 1.82) is 0 Å². The molecule has 0 aromatic rings. The van der Waals surface area contributed by atoms with Crippen molar-refractivity contribution >= 4 is 11.6 Å². The maximum atomic E-state index is 12.7. The van der Waals surface area contributed by atoms with E-state index in [9.17, 15) is 24.9 Å². The van der Waals surface area contributed by atoms with Gasteiger partial charge >= 0.3 is 0 Å². The predicted octanol–water partition coefficient (Wildman–Crippen LogP) is 4.10. The molecule has 0 amide bonds. The van der Waals surface area contributed by atoms with Gasteiger partial charge < -0.3 is 15.3 Å². The molecular weight excluding hydrogens is 416 g/mol. The highest BCUT2D eigenvalue weighted by molar-refractivity contribution is 6.00. The van der Waals surface area contributed by atoms with Crippen molar-refractivity contribution in [1.82, 2.24) is 0 Å². The van der Waals surface area contributed by atoms with Gasteiger partial charge in [0.05, 0.1) is 0 Å². The fraction of sp³-hybridized carbons (Fsp3) is 0.786. The summed E-state index contributed by atoms with van der Waals surface area (Å²) < 4.78 is 0. The van der Waals surface area contributed by atoms with Crippen molar-refractivity contribution < 1.29 is 24.9 Å². The smallest absolute Gasteiger partial charge is 0.262 e. The average molecular weight is 457 g/mol. The van der Waals surface area contributed by atoms with Crippen LogP contribution in [0.4, 0.5) is 0 Å². The summed E-state index contributed by atoms with van der Waals surface area (Å²) >= 11 is 0. The van der Waals surface area contributed by atoms with Crippen LogP contribution in [0, 0.1) is 39.4 Å². The molecule has 0 saturated heterocycles. The average Bonchev–Trinajstić information content (AvgIpc) is 2.71. The van der Waals surface area contributed by atoms with Gasteiger partial charge in [0.25, 0.3) is 5.79 Å². The Labute approximate surface area is 197 Å². The van der Waals surface area contributed by atoms with E-state index in [2.05, 4.69) is 34.6 Å². The lowest BCUT2D eigenvalue weighted by atomic mass is 9.33. The number of allylic oxidation sites excluding steroid dienone is 1. The third kappa shape index (κ3) is 2.60. The summed E-state index contributed by atoms with van der Waals surface area (Å²) in [5.41, 5.74) is -0.907. The highest BCUT2D eigenvalue weighted by Gasteiger charge is 2.69. The SMILES string of the molecule is C[C@@H]1C[C@@H]2[C@@](C)(CC[C@]3(C)[C@H]4CC=C5C(=CC(=O)C(O)(O)[C@]5(C)O)[C@]4(C)CC[C@@]23C)CC1=O. The lowest BCUT2D eigenvalue weighted by molar-refractivity contribution is -0.242. The molecule has 3 fully saturated rings. The second-order valence-electron chi connectivity index (χ2n) is 13.3. The summed E-state index contributed by atoms with van der Waals surface area (Å²) in [7, 11) is 0. The number of carbonyl (C=O) groups excluding carboxylic acids is 2. The molecule has 5 aliphatic rings. The number of aliphatic hydroxyl groups is 3. The first-order valence-electron chi connectivity index (χ1n) is 12.7. The van der Waals surface area contributed by atoms with E-state index in [1.165, 1.54) is 13.0 Å². The van der Waals surface area contributed by atoms with E-state index in [1.807, 2.05) is 6.08 Å². The van der Waals surface area contributed by atoms with Crippen LogP contribution < -0.4 is 0 Å². The third-order valence-electron chi connectivity index (χ3n) is 11.8. The number of hydrogen-bond donors (Lipinski definition) is 3. The van der Waals surface area contributed by atoms with Gasteiger partial charge in [-0.3, -0.25) is 9.59 Å². The van der Waals surface area contributed by atoms with Crippen LogP contribution in [0.25, 0.3) is 0 Å². The first-order chi connectivity index (χ1) is 15.0. The molecule has 0 bridgehead atoms. The molecule has 0 radical (unpaired) electrons. The van der Waals surface area contributed by atoms with Crippen molar-refractivity contribution in [2.75, 3.05) is 0 Å². The van der Waals surface area contributed by atoms with E-state index < -0.39 is 17.2 Å². The van der Waals surface area contributed by atoms with Gasteiger partial charge in [0.2, 0.25) is 5.78 Å². The van der Waals surface area contributed by atoms with Crippen LogP contribution in [0.5, 0.6) is 0 Å². The molecule has 5 heteroatoms. The fourth-order valence-electron chi connectivity index (χ4n) is 9.27. The standard InChI is InChI=1S/C28H40O5/c1-16-13-21-23(2,15-19(16)29)9-11-25(4)20-8-7-17-18(24(20,3)10-12-26(21,25)5)14-22(30)28(32,33)27(17,6)31/h7,14,16,20-21,31-33H,8-13,15H2,1-6H3/t16-,20+,21-,23+,24+,25-,26+,27-/m1/s1. The summed E-state index contributed by atoms with van der Waals surface area (Å²) in [4.78, 5) is 25.4. The minimum atomic E-state index is -2.81. The Morgan fingerprint density at radius 3 is 2.12 bits per heavy atom. The van der Waals surface area contributed by atoms with Gasteiger partial charge in [-0.15, -0.1) is 0 Å². The fourth-order valence-corrected chi connectivity index (χ4v) is 9.27. The van der Waals surface area contributed by atoms with Gasteiger partial charge in [-0.1, -0.05) is 40.7 Å². The number of hydrogen-bond acceptors (Lipinski definition) is 5. The summed E-state index contributed by atoms with van der Waals surface area (Å²) in [6.45, 7) is 12.9. The number of fused-ring (bicyclic) bond motifs is 7. The zero-order valence-corrected chi connectivity index (χ0v) is 21.0. The Balaban J connectivity index is 1.61. The summed E-state index contributed by atoms with van der Waals surface area (Å²) in [5.74, 6) is -2.35. The second-order valence-corrected chi connectivity index (χ2v) is 13.3. The number of ketones is 2. The Morgan fingerprint density at radius 2 is 1.45 bits per heavy atom. The van der Waals surface area contributed by atoms with Crippen LogP contribution in [-0.2, 0) is 9.59 Å². The van der Waals surface area contributed by atoms with E-state index in [1.54, 1.807) is 0 Å². The maximum absolute atomic E-state index is 12.7. The van der Waals surface area contributed by atoms with Gasteiger partial charge in [-0.05, 0) is 96.2 Å². The molecule has 5 nitrogen and oxygen atoms in total. The van der Waals surface area contributed by atoms with Crippen LogP contribution in [0.3, 0.4) is 0 Å². The Hall–Kier alpha value is -1.30. The van der Waals surface area contributed by atoms with Gasteiger partial charge in [0.1, 0.15) is 11.4 Å². The molecular formula is C28H40O5. The highest BCUT2D eigenvalue weighted by Crippen LogP contribution is 2.75. The first-order valence-corrected chi connectivity index (χ1v) is 12.7. The molecule has 0 aromatic heterocycles. The molecule has 0 aliphatic heterocycles. The number of rotatable bonds is 0. The van der Waals surface area contributed by atoms with Gasteiger partial charge in [-0.25, -0.2) is 0 Å². The van der Waals surface area contributed by atoms with Gasteiger partial charge in [-0.2, -0.15) is 0 Å². The zero-order valence-electron chi connectivity index (χ0n) is 21.0. The Bertz CT molecular complexity index is 1000. The largest absolute Gasteiger partial charge is 0.379 e. The van der Waals surface area contributed by atoms with Crippen LogP contribution in [0.1, 0.15) is 86.5 Å². The molecule has 182 valence electrons. The minimum absolute atomic E-state index is 0.0228. The highest BCUT2D eigenvalue weighted by atomic mass is 16.5. The lowest BCUT2D eigenvalue weighted by Gasteiger charge is -2.71. The second kappa shape index (κ2) is 6.47. The van der Waals surface area contributed by atoms with Crippen LogP contribution >= 0.6 is 0 Å². The van der Waals surface area contributed by atoms with Crippen molar-refractivity contribution in [2.24, 2.45) is 39.4 Å². The van der Waals surface area contributed by atoms with E-state index in [4.69, 9.17) is 0 Å². The lowest BCUT2D eigenvalue weighted by Crippen LogP contribution is -2.66. The Kier molecular flexibility index (Phi) is 4.60. The van der Waals surface area contributed by atoms with E-state index in [-0.39, 0.29) is 33.5 Å². The molecule has 0 heterocycles. The quantitative estimate of drug-likeness (QED) is 0.477. The van der Waals surface area contributed by atoms with E-state index in [0.29, 0.717) is 23.7 Å². The minimum Gasteiger partial charge on any atom is -0.379 e. The summed E-state index contributed by atoms with van der Waals surface area (Å²) in [6, 6.07) is 0.